The molecular weight excluding hydrogens is 402 g/mol. The van der Waals surface area contributed by atoms with E-state index in [9.17, 15) is 0 Å². The van der Waals surface area contributed by atoms with Crippen LogP contribution >= 0.6 is 0 Å². The van der Waals surface area contributed by atoms with Gasteiger partial charge in [-0.3, -0.25) is 4.99 Å². The van der Waals surface area contributed by atoms with Crippen LogP contribution in [0, 0.1) is 5.92 Å². The number of hydrogen-bond acceptors (Lipinski definition) is 4. The molecule has 1 aromatic heterocycles. The molecule has 0 radical (unpaired) electrons. The van der Waals surface area contributed by atoms with E-state index in [4.69, 9.17) is 9.47 Å². The van der Waals surface area contributed by atoms with Crippen LogP contribution in [0.3, 0.4) is 0 Å². The Kier molecular flexibility index (Phi) is 7.40. The third-order valence-corrected chi connectivity index (χ3v) is 5.67. The molecule has 1 saturated heterocycles. The van der Waals surface area contributed by atoms with E-state index in [0.29, 0.717) is 19.1 Å². The van der Waals surface area contributed by atoms with Gasteiger partial charge in [0.05, 0.1) is 38.2 Å². The van der Waals surface area contributed by atoms with E-state index in [2.05, 4.69) is 32.4 Å². The number of hydrogen-bond donors (Lipinski definition) is 1. The number of ether oxygens (including phenoxy) is 2. The van der Waals surface area contributed by atoms with Crippen molar-refractivity contribution >= 4 is 5.96 Å². The van der Waals surface area contributed by atoms with Gasteiger partial charge in [0.15, 0.2) is 5.96 Å². The zero-order chi connectivity index (χ0) is 22.2. The highest BCUT2D eigenvalue weighted by Gasteiger charge is 2.25. The molecule has 32 heavy (non-hydrogen) atoms. The number of nitrogens with one attached hydrogen (secondary N) is 1. The first-order valence-electron chi connectivity index (χ1n) is 11.0. The van der Waals surface area contributed by atoms with E-state index in [1.54, 1.807) is 7.11 Å². The van der Waals surface area contributed by atoms with Crippen LogP contribution in [0.2, 0.25) is 0 Å². The van der Waals surface area contributed by atoms with Crippen LogP contribution in [-0.2, 0) is 17.9 Å². The van der Waals surface area contributed by atoms with Crippen LogP contribution in [0.15, 0.2) is 71.9 Å². The number of methoxy groups -OCH3 is 1. The first-order valence-corrected chi connectivity index (χ1v) is 11.0. The van der Waals surface area contributed by atoms with Crippen molar-refractivity contribution in [3.05, 3.63) is 78.1 Å². The molecule has 0 bridgehead atoms. The number of guanidine groups is 1. The lowest BCUT2D eigenvalue weighted by Crippen LogP contribution is -2.40. The second-order valence-corrected chi connectivity index (χ2v) is 7.95. The fourth-order valence-electron chi connectivity index (χ4n) is 3.92. The summed E-state index contributed by atoms with van der Waals surface area (Å²) in [7, 11) is 3.50. The molecule has 4 rings (SSSR count). The summed E-state index contributed by atoms with van der Waals surface area (Å²) < 4.78 is 13.0. The lowest BCUT2D eigenvalue weighted by molar-refractivity contribution is 0.0906. The fraction of sp³-hybridized carbons (Fsp3) is 0.360. The maximum absolute atomic E-state index is 5.95. The minimum absolute atomic E-state index is 0.520. The average Bonchev–Trinajstić information content (AvgIpc) is 3.51. The highest BCUT2D eigenvalue weighted by atomic mass is 16.5. The summed E-state index contributed by atoms with van der Waals surface area (Å²) in [6.45, 7) is 4.01. The summed E-state index contributed by atoms with van der Waals surface area (Å²) in [5.74, 6) is 2.27. The molecule has 7 heteroatoms. The number of likely N-dealkylation sites (tertiary alicyclic amines) is 1. The lowest BCUT2D eigenvalue weighted by Gasteiger charge is -2.21. The number of aromatic nitrogens is 2. The Bertz CT molecular complexity index is 1000. The van der Waals surface area contributed by atoms with Crippen molar-refractivity contribution in [2.24, 2.45) is 10.9 Å². The topological polar surface area (TPSA) is 63.9 Å². The highest BCUT2D eigenvalue weighted by molar-refractivity contribution is 5.80. The largest absolute Gasteiger partial charge is 0.497 e. The van der Waals surface area contributed by atoms with Gasteiger partial charge in [0.2, 0.25) is 0 Å². The van der Waals surface area contributed by atoms with Gasteiger partial charge in [-0.2, -0.15) is 5.10 Å². The van der Waals surface area contributed by atoms with Crippen LogP contribution < -0.4 is 10.1 Å². The summed E-state index contributed by atoms with van der Waals surface area (Å²) in [4.78, 5) is 6.78. The molecule has 2 aromatic carbocycles. The number of nitrogens with zero attached hydrogens (tertiary/aromatic N) is 4. The molecule has 3 aromatic rings. The first kappa shape index (κ1) is 21.9. The van der Waals surface area contributed by atoms with Crippen LogP contribution in [-0.4, -0.2) is 54.5 Å². The molecule has 1 atom stereocenters. The fourth-order valence-corrected chi connectivity index (χ4v) is 3.92. The van der Waals surface area contributed by atoms with Gasteiger partial charge in [-0.15, -0.1) is 0 Å². The van der Waals surface area contributed by atoms with Gasteiger partial charge in [0.1, 0.15) is 5.75 Å². The zero-order valence-corrected chi connectivity index (χ0v) is 18.8. The first-order chi connectivity index (χ1) is 15.7. The second-order valence-electron chi connectivity index (χ2n) is 7.95. The molecule has 0 aliphatic carbocycles. The third kappa shape index (κ3) is 5.68. The quantitative estimate of drug-likeness (QED) is 0.435. The standard InChI is InChI=1S/C25H31N5O2/c1-26-25(29-14-12-21(17-29)19-32-18-20-6-4-3-5-7-20)27-16-22-13-15-30(28-22)23-8-10-24(31-2)11-9-23/h3-11,13,15,21H,12,14,16-19H2,1-2H3,(H,26,27). The molecule has 1 fully saturated rings. The molecule has 1 unspecified atom stereocenters. The van der Waals surface area contributed by atoms with Crippen molar-refractivity contribution in [2.75, 3.05) is 33.9 Å². The van der Waals surface area contributed by atoms with E-state index in [1.807, 2.05) is 66.5 Å². The van der Waals surface area contributed by atoms with E-state index < -0.39 is 0 Å². The summed E-state index contributed by atoms with van der Waals surface area (Å²) in [6.07, 6.45) is 3.08. The summed E-state index contributed by atoms with van der Waals surface area (Å²) in [5.41, 5.74) is 3.18. The van der Waals surface area contributed by atoms with Crippen molar-refractivity contribution in [2.45, 2.75) is 19.6 Å². The maximum Gasteiger partial charge on any atom is 0.193 e. The SMILES string of the molecule is CN=C(NCc1ccn(-c2ccc(OC)cc2)n1)N1CCC(COCc2ccccc2)C1. The Morgan fingerprint density at radius 3 is 2.69 bits per heavy atom. The molecule has 1 aliphatic heterocycles. The minimum Gasteiger partial charge on any atom is -0.497 e. The molecule has 0 saturated carbocycles. The highest BCUT2D eigenvalue weighted by Crippen LogP contribution is 2.18. The Hall–Kier alpha value is -3.32. The molecule has 0 amide bonds. The van der Waals surface area contributed by atoms with Crippen LogP contribution in [0.25, 0.3) is 5.69 Å². The van der Waals surface area contributed by atoms with Crippen molar-refractivity contribution < 1.29 is 9.47 Å². The van der Waals surface area contributed by atoms with E-state index in [1.165, 1.54) is 5.56 Å². The Balaban J connectivity index is 1.24. The van der Waals surface area contributed by atoms with Crippen molar-refractivity contribution in [1.82, 2.24) is 20.0 Å². The number of benzene rings is 2. The molecule has 2 heterocycles. The van der Waals surface area contributed by atoms with E-state index in [0.717, 1.165) is 49.2 Å². The minimum atomic E-state index is 0.520. The van der Waals surface area contributed by atoms with Gasteiger partial charge in [0.25, 0.3) is 0 Å². The third-order valence-electron chi connectivity index (χ3n) is 5.67. The Labute approximate surface area is 189 Å². The monoisotopic (exact) mass is 433 g/mol. The predicted octanol–water partition coefficient (Wildman–Crippen LogP) is 3.50. The predicted molar refractivity (Wildman–Crippen MR) is 126 cm³/mol. The number of aliphatic imine (C=N–C) groups is 1. The van der Waals surface area contributed by atoms with E-state index >= 15 is 0 Å². The Morgan fingerprint density at radius 2 is 1.94 bits per heavy atom. The summed E-state index contributed by atoms with van der Waals surface area (Å²) in [6, 6.07) is 20.2. The van der Waals surface area contributed by atoms with Crippen LogP contribution in [0.5, 0.6) is 5.75 Å². The molecule has 168 valence electrons. The van der Waals surface area contributed by atoms with Gasteiger partial charge in [-0.25, -0.2) is 4.68 Å². The maximum atomic E-state index is 5.95. The normalized spacial score (nSPS) is 16.4. The lowest BCUT2D eigenvalue weighted by atomic mass is 10.1. The van der Waals surface area contributed by atoms with Gasteiger partial charge in [-0.1, -0.05) is 30.3 Å². The zero-order valence-electron chi connectivity index (χ0n) is 18.8. The van der Waals surface area contributed by atoms with Gasteiger partial charge in [0, 0.05) is 32.3 Å². The summed E-state index contributed by atoms with van der Waals surface area (Å²) in [5, 5.41) is 8.13. The van der Waals surface area contributed by atoms with Gasteiger partial charge >= 0.3 is 0 Å². The van der Waals surface area contributed by atoms with Gasteiger partial charge in [-0.05, 0) is 42.3 Å². The van der Waals surface area contributed by atoms with E-state index in [-0.39, 0.29) is 0 Å². The second kappa shape index (κ2) is 10.8. The van der Waals surface area contributed by atoms with Gasteiger partial charge < -0.3 is 19.7 Å². The average molecular weight is 434 g/mol. The Morgan fingerprint density at radius 1 is 1.12 bits per heavy atom. The molecule has 1 N–H and O–H groups in total. The van der Waals surface area contributed by atoms with Crippen molar-refractivity contribution in [3.63, 3.8) is 0 Å². The summed E-state index contributed by atoms with van der Waals surface area (Å²) >= 11 is 0. The molecule has 7 nitrogen and oxygen atoms in total. The molecule has 0 spiro atoms. The molecular formula is C25H31N5O2. The van der Waals surface area contributed by atoms with Crippen LogP contribution in [0.4, 0.5) is 0 Å². The smallest absolute Gasteiger partial charge is 0.193 e. The number of rotatable bonds is 8. The van der Waals surface area contributed by atoms with Crippen molar-refractivity contribution in [3.8, 4) is 11.4 Å². The van der Waals surface area contributed by atoms with Crippen LogP contribution in [0.1, 0.15) is 17.7 Å². The molecule has 1 aliphatic rings. The van der Waals surface area contributed by atoms with Crippen molar-refractivity contribution in [1.29, 1.82) is 0 Å².